The van der Waals surface area contributed by atoms with Gasteiger partial charge in [-0.25, -0.2) is 4.39 Å². The number of aromatic hydroxyl groups is 1. The maximum atomic E-state index is 14.5. The second kappa shape index (κ2) is 5.34. The van der Waals surface area contributed by atoms with E-state index in [1.807, 2.05) is 0 Å². The third-order valence-electron chi connectivity index (χ3n) is 5.92. The Morgan fingerprint density at radius 3 is 2.54 bits per heavy atom. The number of aliphatic carboxylic acids is 1. The highest BCUT2D eigenvalue weighted by molar-refractivity contribution is 6.30. The molecule has 2 aromatic rings. The molecule has 0 spiro atoms. The molecule has 7 heteroatoms. The Morgan fingerprint density at radius 1 is 1.12 bits per heavy atom. The number of anilines is 1. The first-order valence-corrected chi connectivity index (χ1v) is 8.87. The summed E-state index contributed by atoms with van der Waals surface area (Å²) in [7, 11) is 0. The van der Waals surface area contributed by atoms with Crippen molar-refractivity contribution in [1.82, 2.24) is 5.32 Å². The molecule has 6 unspecified atom stereocenters. The molecule has 2 aliphatic heterocycles. The minimum Gasteiger partial charge on any atom is -0.508 e. The van der Waals surface area contributed by atoms with E-state index in [9.17, 15) is 19.4 Å². The number of carboxylic acid groups (broad SMARTS) is 1. The lowest BCUT2D eigenvalue weighted by Gasteiger charge is -2.39. The van der Waals surface area contributed by atoms with Gasteiger partial charge in [0.15, 0.2) is 0 Å². The van der Waals surface area contributed by atoms with Crippen LogP contribution in [0.15, 0.2) is 36.4 Å². The van der Waals surface area contributed by atoms with E-state index >= 15 is 0 Å². The Balaban J connectivity index is 1.62. The van der Waals surface area contributed by atoms with Crippen molar-refractivity contribution in [2.24, 2.45) is 17.8 Å². The van der Waals surface area contributed by atoms with E-state index in [1.54, 1.807) is 30.3 Å². The second-order valence-corrected chi connectivity index (χ2v) is 7.69. The van der Waals surface area contributed by atoms with Crippen LogP contribution in [0.5, 0.6) is 5.75 Å². The summed E-state index contributed by atoms with van der Waals surface area (Å²) < 4.78 is 14.5. The fourth-order valence-corrected chi connectivity index (χ4v) is 5.04. The minimum absolute atomic E-state index is 0.0287. The van der Waals surface area contributed by atoms with Gasteiger partial charge < -0.3 is 20.8 Å². The second-order valence-electron chi connectivity index (χ2n) is 7.25. The van der Waals surface area contributed by atoms with Gasteiger partial charge in [0, 0.05) is 23.0 Å². The number of hydrogen-bond acceptors (Lipinski definition) is 4. The van der Waals surface area contributed by atoms with Crippen molar-refractivity contribution >= 4 is 23.3 Å². The third-order valence-corrected chi connectivity index (χ3v) is 6.14. The van der Waals surface area contributed by atoms with Crippen molar-refractivity contribution in [3.05, 3.63) is 58.4 Å². The molecule has 1 aliphatic carbocycles. The number of benzene rings is 2. The lowest BCUT2D eigenvalue weighted by atomic mass is 9.77. The standard InChI is InChI=1S/C19H16ClFN2O3/c20-8-5-10-16(11(21)6-8)22-15(7-1-3-9(24)4-2-7)13-12-14(19(25)26)18(12)23-17(10)13/h1-6,12-15,17-18,22-24H,(H,25,26). The molecule has 1 saturated heterocycles. The van der Waals surface area contributed by atoms with E-state index < -0.39 is 17.7 Å². The monoisotopic (exact) mass is 374 g/mol. The van der Waals surface area contributed by atoms with Gasteiger partial charge >= 0.3 is 5.97 Å². The zero-order valence-electron chi connectivity index (χ0n) is 13.5. The highest BCUT2D eigenvalue weighted by atomic mass is 35.5. The molecule has 5 nitrogen and oxygen atoms in total. The topological polar surface area (TPSA) is 81.6 Å². The number of hydrogen-bond donors (Lipinski definition) is 4. The first kappa shape index (κ1) is 15.9. The number of piperidine rings is 1. The highest BCUT2D eigenvalue weighted by Gasteiger charge is 2.68. The van der Waals surface area contributed by atoms with E-state index in [0.717, 1.165) is 11.1 Å². The molecule has 2 heterocycles. The number of fused-ring (bicyclic) bond motifs is 5. The largest absolute Gasteiger partial charge is 0.508 e. The molecular formula is C19H16ClFN2O3. The van der Waals surface area contributed by atoms with E-state index in [-0.39, 0.29) is 35.7 Å². The number of rotatable bonds is 2. The van der Waals surface area contributed by atoms with Gasteiger partial charge in [0.25, 0.3) is 0 Å². The summed E-state index contributed by atoms with van der Waals surface area (Å²) in [4.78, 5) is 11.5. The lowest BCUT2D eigenvalue weighted by Crippen LogP contribution is -2.38. The minimum atomic E-state index is -0.807. The molecule has 0 radical (unpaired) electrons. The molecule has 0 amide bonds. The summed E-state index contributed by atoms with van der Waals surface area (Å²) in [6.45, 7) is 0. The summed E-state index contributed by atoms with van der Waals surface area (Å²) in [5.74, 6) is -1.58. The number of phenolic OH excluding ortho intramolecular Hbond substituents is 1. The van der Waals surface area contributed by atoms with Gasteiger partial charge in [-0.15, -0.1) is 0 Å². The van der Waals surface area contributed by atoms with Crippen LogP contribution < -0.4 is 10.6 Å². The average Bonchev–Trinajstić information content (AvgIpc) is 3.17. The molecule has 3 aliphatic rings. The number of phenols is 1. The fraction of sp³-hybridized carbons (Fsp3) is 0.316. The van der Waals surface area contributed by atoms with Crippen LogP contribution in [0.4, 0.5) is 10.1 Å². The number of carboxylic acids is 1. The summed E-state index contributed by atoms with van der Waals surface area (Å²) in [6, 6.07) is 9.23. The van der Waals surface area contributed by atoms with Crippen LogP contribution in [-0.4, -0.2) is 22.2 Å². The molecule has 2 aromatic carbocycles. The van der Waals surface area contributed by atoms with Crippen LogP contribution in [0, 0.1) is 23.6 Å². The molecule has 2 fully saturated rings. The number of halogens is 2. The number of carbonyl (C=O) groups is 1. The predicted molar refractivity (Wildman–Crippen MR) is 93.7 cm³/mol. The average molecular weight is 375 g/mol. The van der Waals surface area contributed by atoms with Gasteiger partial charge in [-0.1, -0.05) is 23.7 Å². The number of nitrogens with one attached hydrogen (secondary N) is 2. The molecule has 6 atom stereocenters. The first-order valence-electron chi connectivity index (χ1n) is 8.49. The summed E-state index contributed by atoms with van der Waals surface area (Å²) in [6.07, 6.45) is 0. The van der Waals surface area contributed by atoms with Crippen LogP contribution in [0.25, 0.3) is 0 Å². The molecule has 1 saturated carbocycles. The van der Waals surface area contributed by atoms with E-state index in [2.05, 4.69) is 10.6 Å². The van der Waals surface area contributed by atoms with Crippen LogP contribution in [0.2, 0.25) is 5.02 Å². The van der Waals surface area contributed by atoms with E-state index in [0.29, 0.717) is 10.7 Å². The van der Waals surface area contributed by atoms with Gasteiger partial charge in [-0.2, -0.15) is 0 Å². The van der Waals surface area contributed by atoms with Crippen molar-refractivity contribution < 1.29 is 19.4 Å². The quantitative estimate of drug-likeness (QED) is 0.648. The van der Waals surface area contributed by atoms with Crippen molar-refractivity contribution in [2.45, 2.75) is 18.1 Å². The zero-order chi connectivity index (χ0) is 18.2. The van der Waals surface area contributed by atoms with Crippen molar-refractivity contribution in [1.29, 1.82) is 0 Å². The van der Waals surface area contributed by atoms with Gasteiger partial charge in [-0.3, -0.25) is 4.79 Å². The molecular weight excluding hydrogens is 359 g/mol. The van der Waals surface area contributed by atoms with E-state index in [4.69, 9.17) is 11.6 Å². The predicted octanol–water partition coefficient (Wildman–Crippen LogP) is 3.31. The molecule has 4 N–H and O–H groups in total. The van der Waals surface area contributed by atoms with Gasteiger partial charge in [-0.05, 0) is 41.3 Å². The third kappa shape index (κ3) is 2.15. The molecule has 134 valence electrons. The van der Waals surface area contributed by atoms with Gasteiger partial charge in [0.05, 0.1) is 17.6 Å². The summed E-state index contributed by atoms with van der Waals surface area (Å²) >= 11 is 6.05. The lowest BCUT2D eigenvalue weighted by molar-refractivity contribution is -0.139. The van der Waals surface area contributed by atoms with Crippen molar-refractivity contribution in [2.75, 3.05) is 5.32 Å². The van der Waals surface area contributed by atoms with Crippen LogP contribution >= 0.6 is 11.6 Å². The smallest absolute Gasteiger partial charge is 0.308 e. The first-order chi connectivity index (χ1) is 12.5. The Labute approximate surface area is 153 Å². The maximum absolute atomic E-state index is 14.5. The van der Waals surface area contributed by atoms with Crippen molar-refractivity contribution in [3.8, 4) is 5.75 Å². The van der Waals surface area contributed by atoms with E-state index in [1.165, 1.54) is 6.07 Å². The molecule has 26 heavy (non-hydrogen) atoms. The SMILES string of the molecule is O=C(O)C1C2NC3c4cc(Cl)cc(F)c4NC(c4ccc(O)cc4)C3C21. The molecule has 0 bridgehead atoms. The van der Waals surface area contributed by atoms with Crippen LogP contribution in [0.3, 0.4) is 0 Å². The highest BCUT2D eigenvalue weighted by Crippen LogP contribution is 2.62. The van der Waals surface area contributed by atoms with Crippen LogP contribution in [0.1, 0.15) is 23.2 Å². The van der Waals surface area contributed by atoms with Gasteiger partial charge in [0.2, 0.25) is 0 Å². The normalized spacial score (nSPS) is 33.6. The zero-order valence-corrected chi connectivity index (χ0v) is 14.2. The Bertz CT molecular complexity index is 920. The fourth-order valence-electron chi connectivity index (χ4n) is 4.83. The Kier molecular flexibility index (Phi) is 3.27. The van der Waals surface area contributed by atoms with Crippen molar-refractivity contribution in [3.63, 3.8) is 0 Å². The maximum Gasteiger partial charge on any atom is 0.308 e. The summed E-state index contributed by atoms with van der Waals surface area (Å²) in [5, 5.41) is 26.0. The van der Waals surface area contributed by atoms with Crippen LogP contribution in [-0.2, 0) is 4.79 Å². The summed E-state index contributed by atoms with van der Waals surface area (Å²) in [5.41, 5.74) is 2.03. The Hall–Kier alpha value is -2.31. The molecule has 5 rings (SSSR count). The van der Waals surface area contributed by atoms with Gasteiger partial charge in [0.1, 0.15) is 11.6 Å². The molecule has 0 aromatic heterocycles. The Morgan fingerprint density at radius 2 is 1.85 bits per heavy atom.